The van der Waals surface area contributed by atoms with E-state index >= 15 is 0 Å². The van der Waals surface area contributed by atoms with Gasteiger partial charge < -0.3 is 5.32 Å². The van der Waals surface area contributed by atoms with Gasteiger partial charge in [0.25, 0.3) is 0 Å². The number of amides is 1. The Morgan fingerprint density at radius 2 is 1.86 bits per heavy atom. The molecule has 0 aliphatic carbocycles. The van der Waals surface area contributed by atoms with Gasteiger partial charge in [0.15, 0.2) is 0 Å². The lowest BCUT2D eigenvalue weighted by molar-refractivity contribution is -0.127. The molecule has 1 aliphatic rings. The summed E-state index contributed by atoms with van der Waals surface area (Å²) in [5, 5.41) is 4.66. The van der Waals surface area contributed by atoms with E-state index in [2.05, 4.69) is 49.2 Å². The normalized spacial score (nSPS) is 16.6. The Kier molecular flexibility index (Phi) is 7.61. The Balaban J connectivity index is 1.55. The molecule has 1 fully saturated rings. The Labute approximate surface area is 184 Å². The first-order chi connectivity index (χ1) is 13.9. The smallest absolute Gasteiger partial charge is 0.223 e. The van der Waals surface area contributed by atoms with Crippen LogP contribution < -0.4 is 5.32 Å². The van der Waals surface area contributed by atoms with Crippen LogP contribution in [-0.4, -0.2) is 23.9 Å². The van der Waals surface area contributed by atoms with Gasteiger partial charge in [0.05, 0.1) is 6.04 Å². The molecule has 1 aliphatic heterocycles. The molecule has 1 amide bonds. The molecule has 2 aromatic carbocycles. The standard InChI is InChI=1S/C24H30Cl2N2O/c1-4-23(21-8-5-16(2)13-17(21)3)27-24(29)18-9-11-28(12-10-18)15-19-6-7-20(25)14-22(19)26/h5-8,13-14,18,23H,4,9-12,15H2,1-3H3,(H,27,29)/t23-/m0/s1. The zero-order chi connectivity index (χ0) is 21.0. The van der Waals surface area contributed by atoms with Gasteiger partial charge in [0, 0.05) is 22.5 Å². The lowest BCUT2D eigenvalue weighted by Crippen LogP contribution is -2.41. The highest BCUT2D eigenvalue weighted by atomic mass is 35.5. The molecule has 0 aromatic heterocycles. The molecule has 1 N–H and O–H groups in total. The van der Waals surface area contributed by atoms with Gasteiger partial charge in [-0.25, -0.2) is 0 Å². The molecule has 0 saturated carbocycles. The van der Waals surface area contributed by atoms with Gasteiger partial charge in [-0.05, 0) is 75.0 Å². The minimum Gasteiger partial charge on any atom is -0.349 e. The van der Waals surface area contributed by atoms with Gasteiger partial charge in [-0.2, -0.15) is 0 Å². The van der Waals surface area contributed by atoms with E-state index < -0.39 is 0 Å². The molecule has 1 heterocycles. The van der Waals surface area contributed by atoms with E-state index in [0.717, 1.165) is 44.5 Å². The van der Waals surface area contributed by atoms with Crippen LogP contribution in [0.15, 0.2) is 36.4 Å². The summed E-state index contributed by atoms with van der Waals surface area (Å²) in [5.41, 5.74) is 4.80. The molecule has 0 radical (unpaired) electrons. The lowest BCUT2D eigenvalue weighted by atomic mass is 9.93. The summed E-state index contributed by atoms with van der Waals surface area (Å²) in [4.78, 5) is 15.3. The van der Waals surface area contributed by atoms with Crippen molar-refractivity contribution in [2.24, 2.45) is 5.92 Å². The number of nitrogens with zero attached hydrogens (tertiary/aromatic N) is 1. The number of piperidine rings is 1. The first kappa shape index (κ1) is 22.1. The minimum atomic E-state index is 0.0757. The number of hydrogen-bond acceptors (Lipinski definition) is 2. The molecule has 5 heteroatoms. The molecule has 0 bridgehead atoms. The maximum absolute atomic E-state index is 12.9. The molecule has 29 heavy (non-hydrogen) atoms. The van der Waals surface area contributed by atoms with Crippen molar-refractivity contribution in [1.82, 2.24) is 10.2 Å². The first-order valence-corrected chi connectivity index (χ1v) is 11.2. The molecular weight excluding hydrogens is 403 g/mol. The fourth-order valence-electron chi connectivity index (χ4n) is 4.15. The quantitative estimate of drug-likeness (QED) is 0.598. The van der Waals surface area contributed by atoms with Crippen LogP contribution >= 0.6 is 23.2 Å². The molecule has 0 spiro atoms. The van der Waals surface area contributed by atoms with Crippen LogP contribution in [0.1, 0.15) is 54.5 Å². The van der Waals surface area contributed by atoms with E-state index in [9.17, 15) is 4.79 Å². The van der Waals surface area contributed by atoms with Crippen LogP contribution in [0.5, 0.6) is 0 Å². The summed E-state index contributed by atoms with van der Waals surface area (Å²) in [6.07, 6.45) is 2.64. The summed E-state index contributed by atoms with van der Waals surface area (Å²) in [6, 6.07) is 12.2. The second-order valence-corrected chi connectivity index (χ2v) is 8.96. The highest BCUT2D eigenvalue weighted by Gasteiger charge is 2.27. The molecular formula is C24H30Cl2N2O. The Morgan fingerprint density at radius 3 is 2.48 bits per heavy atom. The number of carbonyl (C=O) groups excluding carboxylic acids is 1. The maximum Gasteiger partial charge on any atom is 0.223 e. The van der Waals surface area contributed by atoms with Crippen molar-refractivity contribution in [2.45, 2.75) is 52.6 Å². The monoisotopic (exact) mass is 432 g/mol. The molecule has 2 aromatic rings. The molecule has 3 rings (SSSR count). The zero-order valence-electron chi connectivity index (χ0n) is 17.5. The Bertz CT molecular complexity index is 860. The van der Waals surface area contributed by atoms with Crippen molar-refractivity contribution in [3.63, 3.8) is 0 Å². The predicted octanol–water partition coefficient (Wildman–Crippen LogP) is 6.09. The molecule has 0 unspecified atom stereocenters. The zero-order valence-corrected chi connectivity index (χ0v) is 19.0. The van der Waals surface area contributed by atoms with Crippen LogP contribution in [0.25, 0.3) is 0 Å². The van der Waals surface area contributed by atoms with E-state index in [1.807, 2.05) is 12.1 Å². The highest BCUT2D eigenvalue weighted by molar-refractivity contribution is 6.35. The Hall–Kier alpha value is -1.55. The molecule has 1 saturated heterocycles. The van der Waals surface area contributed by atoms with Crippen molar-refractivity contribution >= 4 is 29.1 Å². The molecule has 156 valence electrons. The van der Waals surface area contributed by atoms with E-state index in [0.29, 0.717) is 10.0 Å². The third kappa shape index (κ3) is 5.75. The minimum absolute atomic E-state index is 0.0757. The topological polar surface area (TPSA) is 32.3 Å². The second-order valence-electron chi connectivity index (χ2n) is 8.12. The number of likely N-dealkylation sites (tertiary alicyclic amines) is 1. The fourth-order valence-corrected chi connectivity index (χ4v) is 4.62. The third-order valence-corrected chi connectivity index (χ3v) is 6.48. The number of rotatable bonds is 6. The summed E-state index contributed by atoms with van der Waals surface area (Å²) in [5.74, 6) is 0.257. The van der Waals surface area contributed by atoms with Crippen molar-refractivity contribution in [3.05, 3.63) is 68.7 Å². The van der Waals surface area contributed by atoms with Crippen LogP contribution in [0, 0.1) is 19.8 Å². The van der Waals surface area contributed by atoms with Gasteiger partial charge in [-0.15, -0.1) is 0 Å². The number of carbonyl (C=O) groups is 1. The Morgan fingerprint density at radius 1 is 1.14 bits per heavy atom. The van der Waals surface area contributed by atoms with Crippen LogP contribution in [0.2, 0.25) is 10.0 Å². The number of hydrogen-bond donors (Lipinski definition) is 1. The average Bonchev–Trinajstić information content (AvgIpc) is 2.69. The SMILES string of the molecule is CC[C@H](NC(=O)C1CCN(Cc2ccc(Cl)cc2Cl)CC1)c1ccc(C)cc1C. The van der Waals surface area contributed by atoms with Crippen molar-refractivity contribution in [1.29, 1.82) is 0 Å². The number of aryl methyl sites for hydroxylation is 2. The largest absolute Gasteiger partial charge is 0.349 e. The van der Waals surface area contributed by atoms with Gasteiger partial charge >= 0.3 is 0 Å². The van der Waals surface area contributed by atoms with Gasteiger partial charge in [0.1, 0.15) is 0 Å². The fraction of sp³-hybridized carbons (Fsp3) is 0.458. The lowest BCUT2D eigenvalue weighted by Gasteiger charge is -2.32. The van der Waals surface area contributed by atoms with E-state index in [1.165, 1.54) is 16.7 Å². The highest BCUT2D eigenvalue weighted by Crippen LogP contribution is 2.26. The first-order valence-electron chi connectivity index (χ1n) is 10.4. The van der Waals surface area contributed by atoms with Crippen LogP contribution in [-0.2, 0) is 11.3 Å². The van der Waals surface area contributed by atoms with Gasteiger partial charge in [-0.1, -0.05) is 60.0 Å². The summed E-state index contributed by atoms with van der Waals surface area (Å²) in [7, 11) is 0. The van der Waals surface area contributed by atoms with Gasteiger partial charge in [-0.3, -0.25) is 9.69 Å². The van der Waals surface area contributed by atoms with Crippen molar-refractivity contribution in [2.75, 3.05) is 13.1 Å². The number of nitrogens with one attached hydrogen (secondary N) is 1. The maximum atomic E-state index is 12.9. The van der Waals surface area contributed by atoms with Crippen LogP contribution in [0.3, 0.4) is 0 Å². The predicted molar refractivity (Wildman–Crippen MR) is 122 cm³/mol. The number of halogens is 2. The third-order valence-electron chi connectivity index (χ3n) is 5.89. The number of benzene rings is 2. The molecule has 3 nitrogen and oxygen atoms in total. The average molecular weight is 433 g/mol. The van der Waals surface area contributed by atoms with Crippen molar-refractivity contribution < 1.29 is 4.79 Å². The van der Waals surface area contributed by atoms with Gasteiger partial charge in [0.2, 0.25) is 5.91 Å². The second kappa shape index (κ2) is 9.97. The van der Waals surface area contributed by atoms with E-state index in [-0.39, 0.29) is 17.9 Å². The summed E-state index contributed by atoms with van der Waals surface area (Å²) >= 11 is 12.3. The van der Waals surface area contributed by atoms with E-state index in [4.69, 9.17) is 23.2 Å². The summed E-state index contributed by atoms with van der Waals surface area (Å²) in [6.45, 7) is 8.95. The van der Waals surface area contributed by atoms with E-state index in [1.54, 1.807) is 6.07 Å². The van der Waals surface area contributed by atoms with Crippen LogP contribution in [0.4, 0.5) is 0 Å². The summed E-state index contributed by atoms with van der Waals surface area (Å²) < 4.78 is 0. The molecule has 1 atom stereocenters. The van der Waals surface area contributed by atoms with Crippen molar-refractivity contribution in [3.8, 4) is 0 Å².